The molecule has 18 N–H and O–H groups in total. The van der Waals surface area contributed by atoms with Gasteiger partial charge in [0.05, 0.1) is 25.6 Å². The Balaban J connectivity index is 2.91. The molecule has 0 bridgehead atoms. The van der Waals surface area contributed by atoms with E-state index < -0.39 is 121 Å². The summed E-state index contributed by atoms with van der Waals surface area (Å²) >= 11 is 0. The molecule has 7 atom stereocenters. The number of rotatable bonds is 26. The predicted molar refractivity (Wildman–Crippen MR) is 207 cm³/mol. The van der Waals surface area contributed by atoms with Gasteiger partial charge in [-0.25, -0.2) is 4.79 Å². The van der Waals surface area contributed by atoms with Gasteiger partial charge in [-0.3, -0.25) is 43.3 Å². The molecule has 8 amide bonds. The summed E-state index contributed by atoms with van der Waals surface area (Å²) in [5.41, 5.74) is 27.1. The van der Waals surface area contributed by atoms with Gasteiger partial charge in [0.1, 0.15) is 36.3 Å². The zero-order chi connectivity index (χ0) is 44.1. The summed E-state index contributed by atoms with van der Waals surface area (Å²) in [6.45, 7) is 3.68. The van der Waals surface area contributed by atoms with Gasteiger partial charge in [0.25, 0.3) is 0 Å². The molecule has 0 aliphatic carbocycles. The number of amides is 8. The highest BCUT2D eigenvalue weighted by molar-refractivity contribution is 5.97. The van der Waals surface area contributed by atoms with Crippen molar-refractivity contribution in [3.63, 3.8) is 0 Å². The number of nitrogens with one attached hydrogen (secondary N) is 6. The molecule has 1 heterocycles. The Morgan fingerprint density at radius 1 is 0.793 bits per heavy atom. The molecule has 0 radical (unpaired) electrons. The molecule has 0 spiro atoms. The summed E-state index contributed by atoms with van der Waals surface area (Å²) in [6.07, 6.45) is 1.59. The zero-order valence-electron chi connectivity index (χ0n) is 33.2. The van der Waals surface area contributed by atoms with Gasteiger partial charge in [-0.1, -0.05) is 13.8 Å². The van der Waals surface area contributed by atoms with Crippen LogP contribution < -0.4 is 60.6 Å². The summed E-state index contributed by atoms with van der Waals surface area (Å²) in [5.74, 6) is -8.54. The number of nitrogens with two attached hydrogens (primary N) is 5. The Labute approximate surface area is 335 Å². The highest BCUT2D eigenvalue weighted by Gasteiger charge is 2.40. The third-order valence-electron chi connectivity index (χ3n) is 8.98. The number of carboxylic acid groups (broad SMARTS) is 1. The van der Waals surface area contributed by atoms with E-state index in [2.05, 4.69) is 36.9 Å². The second kappa shape index (κ2) is 25.6. The maximum absolute atomic E-state index is 13.8. The fourth-order valence-corrected chi connectivity index (χ4v) is 5.76. The lowest BCUT2D eigenvalue weighted by Crippen LogP contribution is -2.59. The molecule has 1 rings (SSSR count). The van der Waals surface area contributed by atoms with Gasteiger partial charge in [0.15, 0.2) is 5.96 Å². The third-order valence-corrected chi connectivity index (χ3v) is 8.98. The molecule has 1 aliphatic rings. The number of carboxylic acids is 1. The minimum absolute atomic E-state index is 0.108. The quantitative estimate of drug-likeness (QED) is 0.0219. The van der Waals surface area contributed by atoms with Crippen molar-refractivity contribution in [2.75, 3.05) is 32.8 Å². The van der Waals surface area contributed by atoms with E-state index in [9.17, 15) is 53.4 Å². The number of aliphatic carboxylic acids is 1. The maximum Gasteiger partial charge on any atom is 0.326 e. The van der Waals surface area contributed by atoms with Crippen LogP contribution in [0.5, 0.6) is 0 Å². The van der Waals surface area contributed by atoms with Crippen LogP contribution in [0.4, 0.5) is 0 Å². The predicted octanol–water partition coefficient (Wildman–Crippen LogP) is -6.34. The number of primary amides is 1. The Bertz CT molecular complexity index is 1490. The standard InChI is InChI=1S/C34H61N13O11/c1-17(2)26(31(55)44-21(33(57)58)14-24(37)49)46-30(54)23-10-7-13-47(23)32(56)20(9-4-5-11-35)43-25(50)15-41-29(53)22(16-48)45-27(51)18(3)42-28(52)19(36)8-6-12-40-34(38)39/h17-23,26,48H,4-16,35-36H2,1-3H3,(H2,37,49)(H,41,53)(H,42,52)(H,43,50)(H,44,55)(H,45,51)(H,46,54)(H,57,58)(H4,38,39,40). The lowest BCUT2D eigenvalue weighted by Gasteiger charge is -2.31. The molecule has 24 heteroatoms. The van der Waals surface area contributed by atoms with Crippen molar-refractivity contribution in [2.45, 2.75) is 114 Å². The number of unbranched alkanes of at least 4 members (excludes halogenated alkanes) is 1. The lowest BCUT2D eigenvalue weighted by molar-refractivity contribution is -0.144. The number of guanidine groups is 1. The largest absolute Gasteiger partial charge is 0.480 e. The second-order valence-electron chi connectivity index (χ2n) is 14.1. The van der Waals surface area contributed by atoms with Gasteiger partial charge in [0.2, 0.25) is 47.3 Å². The second-order valence-corrected chi connectivity index (χ2v) is 14.1. The normalized spacial score (nSPS) is 16.7. The molecule has 0 saturated carbocycles. The summed E-state index contributed by atoms with van der Waals surface area (Å²) in [4.78, 5) is 119. The third kappa shape index (κ3) is 17.7. The first kappa shape index (κ1) is 50.4. The summed E-state index contributed by atoms with van der Waals surface area (Å²) in [7, 11) is 0. The highest BCUT2D eigenvalue weighted by atomic mass is 16.4. The molecular formula is C34H61N13O11. The molecule has 1 aliphatic heterocycles. The number of hydrogen-bond acceptors (Lipinski definition) is 13. The Kier molecular flexibility index (Phi) is 22.2. The summed E-state index contributed by atoms with van der Waals surface area (Å²) in [5, 5.41) is 33.5. The first-order valence-electron chi connectivity index (χ1n) is 19.0. The van der Waals surface area contributed by atoms with E-state index in [0.717, 1.165) is 0 Å². The summed E-state index contributed by atoms with van der Waals surface area (Å²) in [6, 6.07) is -8.74. The minimum Gasteiger partial charge on any atom is -0.480 e. The van der Waals surface area contributed by atoms with Crippen LogP contribution in [-0.4, -0.2) is 149 Å². The van der Waals surface area contributed by atoms with Crippen LogP contribution in [-0.2, 0) is 43.2 Å². The van der Waals surface area contributed by atoms with Crippen LogP contribution in [0.15, 0.2) is 4.99 Å². The SMILES string of the molecule is CC(NC(=O)C(N)CCCN=C(N)N)C(=O)NC(CO)C(=O)NCC(=O)NC(CCCCN)C(=O)N1CCCC1C(=O)NC(C(=O)NC(CC(N)=O)C(=O)O)C(C)C. The number of hydrogen-bond donors (Lipinski definition) is 13. The zero-order valence-corrected chi connectivity index (χ0v) is 33.2. The summed E-state index contributed by atoms with van der Waals surface area (Å²) < 4.78 is 0. The van der Waals surface area contributed by atoms with E-state index in [1.807, 2.05) is 0 Å². The molecule has 1 saturated heterocycles. The number of likely N-dealkylation sites (tertiary alicyclic amines) is 1. The van der Waals surface area contributed by atoms with Crippen LogP contribution in [0.1, 0.15) is 72.1 Å². The number of nitrogens with zero attached hydrogens (tertiary/aromatic N) is 2. The van der Waals surface area contributed by atoms with E-state index in [4.69, 9.17) is 28.7 Å². The fraction of sp³-hybridized carbons (Fsp3) is 0.706. The smallest absolute Gasteiger partial charge is 0.326 e. The number of aliphatic hydroxyl groups is 1. The van der Waals surface area contributed by atoms with Crippen molar-refractivity contribution < 1.29 is 53.4 Å². The van der Waals surface area contributed by atoms with Gasteiger partial charge in [-0.2, -0.15) is 0 Å². The molecule has 0 aromatic heterocycles. The van der Waals surface area contributed by atoms with E-state index in [1.54, 1.807) is 13.8 Å². The minimum atomic E-state index is -1.63. The number of aliphatic imine (C=N–C) groups is 1. The molecule has 58 heavy (non-hydrogen) atoms. The van der Waals surface area contributed by atoms with E-state index in [1.165, 1.54) is 11.8 Å². The van der Waals surface area contributed by atoms with Crippen LogP contribution >= 0.6 is 0 Å². The molecule has 7 unspecified atom stereocenters. The Hall–Kier alpha value is -5.62. The first-order chi connectivity index (χ1) is 27.2. The van der Waals surface area contributed by atoms with Crippen molar-refractivity contribution >= 4 is 59.2 Å². The van der Waals surface area contributed by atoms with Gasteiger partial charge >= 0.3 is 5.97 Å². The van der Waals surface area contributed by atoms with Gasteiger partial charge in [0, 0.05) is 13.1 Å². The van der Waals surface area contributed by atoms with Crippen LogP contribution in [0, 0.1) is 5.92 Å². The van der Waals surface area contributed by atoms with Crippen LogP contribution in [0.2, 0.25) is 0 Å². The van der Waals surface area contributed by atoms with Crippen molar-refractivity contribution in [1.82, 2.24) is 36.8 Å². The highest BCUT2D eigenvalue weighted by Crippen LogP contribution is 2.21. The first-order valence-corrected chi connectivity index (χ1v) is 19.0. The molecule has 1 fully saturated rings. The molecular weight excluding hydrogens is 766 g/mol. The lowest BCUT2D eigenvalue weighted by atomic mass is 10.0. The number of aliphatic hydroxyl groups excluding tert-OH is 1. The topological polar surface area (TPSA) is 412 Å². The molecule has 328 valence electrons. The van der Waals surface area contributed by atoms with Crippen molar-refractivity contribution in [1.29, 1.82) is 0 Å². The van der Waals surface area contributed by atoms with Gasteiger partial charge in [-0.05, 0) is 64.3 Å². The number of carbonyl (C=O) groups excluding carboxylic acids is 8. The maximum atomic E-state index is 13.8. The van der Waals surface area contributed by atoms with E-state index in [0.29, 0.717) is 32.2 Å². The number of carbonyl (C=O) groups is 9. The average Bonchev–Trinajstić information content (AvgIpc) is 3.65. The molecule has 24 nitrogen and oxygen atoms in total. The monoisotopic (exact) mass is 827 g/mol. The fourth-order valence-electron chi connectivity index (χ4n) is 5.76. The van der Waals surface area contributed by atoms with Crippen LogP contribution in [0.25, 0.3) is 0 Å². The molecule has 0 aromatic rings. The van der Waals surface area contributed by atoms with Crippen molar-refractivity contribution in [3.8, 4) is 0 Å². The average molecular weight is 828 g/mol. The molecule has 0 aromatic carbocycles. The van der Waals surface area contributed by atoms with E-state index >= 15 is 0 Å². The van der Waals surface area contributed by atoms with E-state index in [-0.39, 0.29) is 38.3 Å². The van der Waals surface area contributed by atoms with Gasteiger partial charge in [-0.15, -0.1) is 0 Å². The Morgan fingerprint density at radius 2 is 1.45 bits per heavy atom. The Morgan fingerprint density at radius 3 is 2.02 bits per heavy atom. The van der Waals surface area contributed by atoms with Crippen molar-refractivity contribution in [2.24, 2.45) is 39.6 Å². The van der Waals surface area contributed by atoms with Crippen molar-refractivity contribution in [3.05, 3.63) is 0 Å². The van der Waals surface area contributed by atoms with Crippen LogP contribution in [0.3, 0.4) is 0 Å². The van der Waals surface area contributed by atoms with Gasteiger partial charge < -0.3 is 75.7 Å².